The lowest BCUT2D eigenvalue weighted by Crippen LogP contribution is -2.70. The summed E-state index contributed by atoms with van der Waals surface area (Å²) in [7, 11) is 0. The molecule has 202 valence electrons. The number of ether oxygens (including phenoxy) is 1. The Labute approximate surface area is 218 Å². The fraction of sp³-hybridized carbons (Fsp3) is 0.476. The summed E-state index contributed by atoms with van der Waals surface area (Å²) in [5.74, 6) is -2.58. The van der Waals surface area contributed by atoms with Crippen molar-refractivity contribution in [1.82, 2.24) is 30.6 Å². The Balaban J connectivity index is 1.50. The maximum atomic E-state index is 13.2. The number of hydrogen-bond acceptors (Lipinski definition) is 12. The summed E-state index contributed by atoms with van der Waals surface area (Å²) in [6.07, 6.45) is 1.42. The van der Waals surface area contributed by atoms with E-state index >= 15 is 0 Å². The number of aliphatic carboxylic acids is 1. The molecule has 1 aliphatic carbocycles. The van der Waals surface area contributed by atoms with E-state index < -0.39 is 52.9 Å². The minimum atomic E-state index is -1.54. The average Bonchev–Trinajstić information content (AvgIpc) is 3.26. The molecule has 4 N–H and O–H groups in total. The van der Waals surface area contributed by atoms with Crippen LogP contribution in [-0.2, 0) is 30.5 Å². The van der Waals surface area contributed by atoms with Crippen LogP contribution in [0.25, 0.3) is 0 Å². The number of anilines is 1. The summed E-state index contributed by atoms with van der Waals surface area (Å²) in [5.41, 5.74) is -2.61. The lowest BCUT2D eigenvalue weighted by atomic mass is 9.98. The normalized spacial score (nSPS) is 20.0. The van der Waals surface area contributed by atoms with E-state index in [0.717, 1.165) is 11.3 Å². The lowest BCUT2D eigenvalue weighted by molar-refractivity contribution is -0.153. The number of carbonyl (C=O) groups excluding carboxylic acids is 4. The molecule has 0 radical (unpaired) electrons. The molecule has 17 heteroatoms. The highest BCUT2D eigenvalue weighted by Crippen LogP contribution is 2.40. The van der Waals surface area contributed by atoms with Crippen LogP contribution in [0.3, 0.4) is 0 Å². The standard InChI is InChI=1S/C21H24N8O8S/c1-20(2,3)36-19(35)26-18-24-12(9-38-18)14(28-37-21(4-5-21)17(33)34)16(32)25-13-11(23-15(13)31)7-29-22-6-10(8-30)27-29/h6,8-9,11,13H,4-5,7H2,1-3H3,(H,23,31)(H,25,32)(H,33,34)(H,24,26,35)/t11-,13-/m0/s1. The van der Waals surface area contributed by atoms with E-state index in [0.29, 0.717) is 6.29 Å². The second-order valence-corrected chi connectivity index (χ2v) is 10.4. The number of nitrogens with zero attached hydrogens (tertiary/aromatic N) is 5. The van der Waals surface area contributed by atoms with Gasteiger partial charge >= 0.3 is 12.1 Å². The molecule has 16 nitrogen and oxygen atoms in total. The van der Waals surface area contributed by atoms with Gasteiger partial charge in [-0.25, -0.2) is 14.6 Å². The Kier molecular flexibility index (Phi) is 7.12. The maximum Gasteiger partial charge on any atom is 0.413 e. The molecule has 0 unspecified atom stereocenters. The molecule has 3 amide bonds. The molecule has 0 spiro atoms. The van der Waals surface area contributed by atoms with Crippen molar-refractivity contribution in [3.63, 3.8) is 0 Å². The van der Waals surface area contributed by atoms with Crippen molar-refractivity contribution < 1.29 is 38.7 Å². The van der Waals surface area contributed by atoms with E-state index in [1.807, 2.05) is 0 Å². The van der Waals surface area contributed by atoms with Crippen LogP contribution in [0.4, 0.5) is 9.93 Å². The molecule has 0 aromatic carbocycles. The van der Waals surface area contributed by atoms with E-state index in [1.165, 1.54) is 16.4 Å². The first-order valence-corrected chi connectivity index (χ1v) is 12.2. The predicted octanol–water partition coefficient (Wildman–Crippen LogP) is -0.0846. The van der Waals surface area contributed by atoms with Crippen molar-refractivity contribution in [1.29, 1.82) is 0 Å². The zero-order chi connectivity index (χ0) is 27.7. The van der Waals surface area contributed by atoms with Crippen molar-refractivity contribution in [2.24, 2.45) is 5.16 Å². The topological polar surface area (TPSA) is 216 Å². The Bertz CT molecular complexity index is 1310. The van der Waals surface area contributed by atoms with Gasteiger partial charge in [0, 0.05) is 18.2 Å². The first-order valence-electron chi connectivity index (χ1n) is 11.3. The van der Waals surface area contributed by atoms with Crippen molar-refractivity contribution in [3.8, 4) is 0 Å². The molecule has 0 bridgehead atoms. The minimum absolute atomic E-state index is 0.0274. The summed E-state index contributed by atoms with van der Waals surface area (Å²) in [6, 6.07) is -1.61. The number of hydrogen-bond donors (Lipinski definition) is 4. The Morgan fingerprint density at radius 2 is 2.11 bits per heavy atom. The van der Waals surface area contributed by atoms with Gasteiger partial charge in [0.1, 0.15) is 23.0 Å². The van der Waals surface area contributed by atoms with Crippen molar-refractivity contribution in [3.05, 3.63) is 23.0 Å². The number of carboxylic acids is 1. The van der Waals surface area contributed by atoms with Gasteiger partial charge in [0.15, 0.2) is 17.1 Å². The molecule has 2 aliphatic rings. The molecule has 2 aromatic heterocycles. The number of β-lactam (4-membered cyclic amide) rings is 1. The summed E-state index contributed by atoms with van der Waals surface area (Å²) < 4.78 is 5.18. The zero-order valence-corrected chi connectivity index (χ0v) is 21.3. The highest BCUT2D eigenvalue weighted by atomic mass is 32.1. The van der Waals surface area contributed by atoms with E-state index in [2.05, 4.69) is 36.3 Å². The lowest BCUT2D eigenvalue weighted by Gasteiger charge is -2.36. The zero-order valence-electron chi connectivity index (χ0n) is 20.5. The molecule has 2 fully saturated rings. The molecule has 1 aliphatic heterocycles. The van der Waals surface area contributed by atoms with Crippen LogP contribution in [0.2, 0.25) is 0 Å². The number of nitrogens with one attached hydrogen (secondary N) is 3. The van der Waals surface area contributed by atoms with Gasteiger partial charge in [0.25, 0.3) is 5.91 Å². The molecule has 2 atom stereocenters. The Morgan fingerprint density at radius 3 is 2.68 bits per heavy atom. The first-order chi connectivity index (χ1) is 17.9. The average molecular weight is 549 g/mol. The SMILES string of the molecule is CC(C)(C)OC(=O)Nc1nc(C(=NOC2(C(=O)O)CC2)C(=O)N[C@@H]2C(=O)N[C@H]2Cn2ncc(C=O)n2)cs1. The second-order valence-electron chi connectivity index (χ2n) is 9.50. The summed E-state index contributed by atoms with van der Waals surface area (Å²) in [4.78, 5) is 70.3. The second kappa shape index (κ2) is 10.2. The van der Waals surface area contributed by atoms with E-state index in [9.17, 15) is 29.1 Å². The van der Waals surface area contributed by atoms with Gasteiger partial charge in [-0.1, -0.05) is 5.16 Å². The molecule has 3 heterocycles. The van der Waals surface area contributed by atoms with E-state index in [1.54, 1.807) is 20.8 Å². The van der Waals surface area contributed by atoms with Crippen molar-refractivity contribution in [2.45, 2.75) is 63.4 Å². The highest BCUT2D eigenvalue weighted by Gasteiger charge is 2.55. The van der Waals surface area contributed by atoms with Crippen LogP contribution in [0, 0.1) is 0 Å². The smallest absolute Gasteiger partial charge is 0.413 e. The number of thiazole rings is 1. The summed E-state index contributed by atoms with van der Waals surface area (Å²) in [5, 5.41) is 30.1. The third kappa shape index (κ3) is 6.10. The van der Waals surface area contributed by atoms with Crippen LogP contribution in [0.1, 0.15) is 49.8 Å². The molecule has 1 saturated carbocycles. The number of aromatic nitrogens is 4. The van der Waals surface area contributed by atoms with Crippen molar-refractivity contribution in [2.75, 3.05) is 5.32 Å². The third-order valence-electron chi connectivity index (χ3n) is 5.31. The first kappa shape index (κ1) is 26.6. The molecule has 4 rings (SSSR count). The third-order valence-corrected chi connectivity index (χ3v) is 6.07. The maximum absolute atomic E-state index is 13.2. The molecular weight excluding hydrogens is 524 g/mol. The van der Waals surface area contributed by atoms with Crippen molar-refractivity contribution >= 4 is 52.3 Å². The quantitative estimate of drug-likeness (QED) is 0.133. The Hall–Kier alpha value is -4.41. The van der Waals surface area contributed by atoms with Crippen LogP contribution in [-0.4, -0.2) is 84.2 Å². The molecule has 2 aromatic rings. The fourth-order valence-corrected chi connectivity index (χ4v) is 3.90. The van der Waals surface area contributed by atoms with Gasteiger partial charge in [0.2, 0.25) is 11.5 Å². The van der Waals surface area contributed by atoms with Gasteiger partial charge in [-0.15, -0.1) is 11.3 Å². The van der Waals surface area contributed by atoms with Gasteiger partial charge < -0.3 is 25.3 Å². The summed E-state index contributed by atoms with van der Waals surface area (Å²) in [6.45, 7) is 5.14. The van der Waals surface area contributed by atoms with Gasteiger partial charge in [-0.05, 0) is 20.8 Å². The summed E-state index contributed by atoms with van der Waals surface area (Å²) >= 11 is 0.967. The molecular formula is C21H24N8O8S. The Morgan fingerprint density at radius 1 is 1.37 bits per heavy atom. The molecule has 38 heavy (non-hydrogen) atoms. The van der Waals surface area contributed by atoms with Crippen LogP contribution in [0.15, 0.2) is 16.7 Å². The molecule has 1 saturated heterocycles. The number of oxime groups is 1. The van der Waals surface area contributed by atoms with Gasteiger partial charge in [0.05, 0.1) is 18.8 Å². The number of carbonyl (C=O) groups is 5. The van der Waals surface area contributed by atoms with E-state index in [4.69, 9.17) is 9.57 Å². The predicted molar refractivity (Wildman–Crippen MR) is 128 cm³/mol. The van der Waals surface area contributed by atoms with Gasteiger partial charge in [-0.2, -0.15) is 15.0 Å². The minimum Gasteiger partial charge on any atom is -0.478 e. The van der Waals surface area contributed by atoms with Gasteiger partial charge in [-0.3, -0.25) is 19.7 Å². The van der Waals surface area contributed by atoms with Crippen LogP contribution in [0.5, 0.6) is 0 Å². The number of aldehydes is 1. The van der Waals surface area contributed by atoms with Crippen LogP contribution < -0.4 is 16.0 Å². The number of rotatable bonds is 10. The number of amides is 3. The van der Waals surface area contributed by atoms with Crippen LogP contribution >= 0.6 is 11.3 Å². The fourth-order valence-electron chi connectivity index (χ4n) is 3.22. The largest absolute Gasteiger partial charge is 0.478 e. The van der Waals surface area contributed by atoms with E-state index in [-0.39, 0.29) is 35.9 Å². The monoisotopic (exact) mass is 548 g/mol. The highest BCUT2D eigenvalue weighted by molar-refractivity contribution is 7.14. The number of carboxylic acid groups (broad SMARTS) is 1.